The molecule has 0 bridgehead atoms. The lowest BCUT2D eigenvalue weighted by Crippen LogP contribution is -2.19. The van der Waals surface area contributed by atoms with Gasteiger partial charge in [0.1, 0.15) is 12.4 Å². The number of aryl methyl sites for hydroxylation is 1. The topological polar surface area (TPSA) is 24.5 Å². The Hall–Kier alpha value is -1.52. The average molecular weight is 304 g/mol. The molecule has 1 unspecified atom stereocenters. The van der Waals surface area contributed by atoms with E-state index in [1.165, 1.54) is 9.75 Å². The third kappa shape index (κ3) is 5.06. The van der Waals surface area contributed by atoms with Crippen molar-refractivity contribution in [2.75, 3.05) is 32.6 Å². The second kappa shape index (κ2) is 7.48. The first-order valence-electron chi connectivity index (χ1n) is 7.25. The molecule has 0 aliphatic heterocycles. The van der Waals surface area contributed by atoms with Gasteiger partial charge in [-0.15, -0.1) is 11.3 Å². The SMILES string of the molecule is Cc1ccc(C(C)Nc2cccc(OCCN(C)C)c2)s1. The van der Waals surface area contributed by atoms with Crippen molar-refractivity contribution < 1.29 is 4.74 Å². The summed E-state index contributed by atoms with van der Waals surface area (Å²) in [5, 5.41) is 3.53. The van der Waals surface area contributed by atoms with E-state index in [0.717, 1.165) is 18.0 Å². The quantitative estimate of drug-likeness (QED) is 0.831. The van der Waals surface area contributed by atoms with Gasteiger partial charge in [0.2, 0.25) is 0 Å². The number of likely N-dealkylation sites (N-methyl/N-ethyl adjacent to an activating group) is 1. The molecule has 0 saturated carbocycles. The van der Waals surface area contributed by atoms with E-state index in [1.807, 2.05) is 37.6 Å². The fourth-order valence-corrected chi connectivity index (χ4v) is 2.91. The van der Waals surface area contributed by atoms with Gasteiger partial charge in [-0.25, -0.2) is 0 Å². The third-order valence-electron chi connectivity index (χ3n) is 3.21. The molecule has 114 valence electrons. The van der Waals surface area contributed by atoms with Crippen LogP contribution in [-0.4, -0.2) is 32.1 Å². The van der Waals surface area contributed by atoms with Gasteiger partial charge in [-0.2, -0.15) is 0 Å². The highest BCUT2D eigenvalue weighted by atomic mass is 32.1. The lowest BCUT2D eigenvalue weighted by Gasteiger charge is -2.15. The first kappa shape index (κ1) is 15.9. The fraction of sp³-hybridized carbons (Fsp3) is 0.412. The number of rotatable bonds is 7. The Morgan fingerprint density at radius 3 is 2.71 bits per heavy atom. The van der Waals surface area contributed by atoms with Gasteiger partial charge >= 0.3 is 0 Å². The standard InChI is InChI=1S/C17H24N2OS/c1-13-8-9-17(21-13)14(2)18-15-6-5-7-16(12-15)20-11-10-19(3)4/h5-9,12,14,18H,10-11H2,1-4H3. The van der Waals surface area contributed by atoms with Crippen LogP contribution in [0.25, 0.3) is 0 Å². The molecule has 21 heavy (non-hydrogen) atoms. The number of ether oxygens (including phenoxy) is 1. The minimum absolute atomic E-state index is 0.306. The largest absolute Gasteiger partial charge is 0.492 e. The summed E-state index contributed by atoms with van der Waals surface area (Å²) in [6.07, 6.45) is 0. The van der Waals surface area contributed by atoms with Gasteiger partial charge in [0, 0.05) is 28.1 Å². The molecule has 0 aliphatic rings. The number of thiophene rings is 1. The summed E-state index contributed by atoms with van der Waals surface area (Å²) in [5.41, 5.74) is 1.09. The van der Waals surface area contributed by atoms with Gasteiger partial charge in [0.15, 0.2) is 0 Å². The average Bonchev–Trinajstić information content (AvgIpc) is 2.85. The molecule has 4 heteroatoms. The molecule has 3 nitrogen and oxygen atoms in total. The summed E-state index contributed by atoms with van der Waals surface area (Å²) < 4.78 is 5.77. The van der Waals surface area contributed by atoms with Crippen LogP contribution >= 0.6 is 11.3 Å². The molecular formula is C17H24N2OS. The highest BCUT2D eigenvalue weighted by molar-refractivity contribution is 7.12. The molecule has 0 fully saturated rings. The third-order valence-corrected chi connectivity index (χ3v) is 4.40. The number of anilines is 1. The summed E-state index contributed by atoms with van der Waals surface area (Å²) in [7, 11) is 4.10. The van der Waals surface area contributed by atoms with E-state index in [-0.39, 0.29) is 0 Å². The lowest BCUT2D eigenvalue weighted by molar-refractivity contribution is 0.261. The summed E-state index contributed by atoms with van der Waals surface area (Å²) in [6.45, 7) is 5.95. The first-order valence-corrected chi connectivity index (χ1v) is 8.06. The van der Waals surface area contributed by atoms with Crippen LogP contribution in [0, 0.1) is 6.92 Å². The molecule has 0 spiro atoms. The van der Waals surface area contributed by atoms with Crippen LogP contribution in [-0.2, 0) is 0 Å². The molecular weight excluding hydrogens is 280 g/mol. The van der Waals surface area contributed by atoms with E-state index < -0.39 is 0 Å². The van der Waals surface area contributed by atoms with Crippen molar-refractivity contribution >= 4 is 17.0 Å². The van der Waals surface area contributed by atoms with Gasteiger partial charge in [-0.3, -0.25) is 0 Å². The molecule has 1 heterocycles. The maximum atomic E-state index is 5.77. The smallest absolute Gasteiger partial charge is 0.121 e. The molecule has 1 N–H and O–H groups in total. The first-order chi connectivity index (χ1) is 10.0. The zero-order chi connectivity index (χ0) is 15.2. The zero-order valence-electron chi connectivity index (χ0n) is 13.2. The molecule has 1 aromatic carbocycles. The van der Waals surface area contributed by atoms with Crippen LogP contribution in [0.1, 0.15) is 22.7 Å². The van der Waals surface area contributed by atoms with Gasteiger partial charge in [0.05, 0.1) is 6.04 Å². The predicted molar refractivity (Wildman–Crippen MR) is 91.6 cm³/mol. The van der Waals surface area contributed by atoms with E-state index in [0.29, 0.717) is 12.6 Å². The van der Waals surface area contributed by atoms with Crippen molar-refractivity contribution in [2.24, 2.45) is 0 Å². The normalized spacial score (nSPS) is 12.4. The van der Waals surface area contributed by atoms with Gasteiger partial charge in [-0.1, -0.05) is 6.07 Å². The van der Waals surface area contributed by atoms with Gasteiger partial charge < -0.3 is 15.0 Å². The Balaban J connectivity index is 1.94. The molecule has 0 saturated heterocycles. The monoisotopic (exact) mass is 304 g/mol. The Bertz CT molecular complexity index is 565. The van der Waals surface area contributed by atoms with Crippen molar-refractivity contribution in [3.8, 4) is 5.75 Å². The van der Waals surface area contributed by atoms with Crippen LogP contribution in [0.5, 0.6) is 5.75 Å². The lowest BCUT2D eigenvalue weighted by atomic mass is 10.2. The number of hydrogen-bond donors (Lipinski definition) is 1. The Morgan fingerprint density at radius 2 is 2.05 bits per heavy atom. The van der Waals surface area contributed by atoms with Gasteiger partial charge in [-0.05, 0) is 52.2 Å². The summed E-state index contributed by atoms with van der Waals surface area (Å²) in [6, 6.07) is 12.8. The Kier molecular flexibility index (Phi) is 5.65. The van der Waals surface area contributed by atoms with E-state index >= 15 is 0 Å². The maximum absolute atomic E-state index is 5.77. The second-order valence-electron chi connectivity index (χ2n) is 5.49. The molecule has 2 aromatic rings. The van der Waals surface area contributed by atoms with Crippen molar-refractivity contribution in [1.82, 2.24) is 4.90 Å². The van der Waals surface area contributed by atoms with E-state index in [1.54, 1.807) is 0 Å². The fourth-order valence-electron chi connectivity index (χ4n) is 2.03. The molecule has 2 rings (SSSR count). The molecule has 1 aromatic heterocycles. The second-order valence-corrected chi connectivity index (χ2v) is 6.81. The van der Waals surface area contributed by atoms with Crippen LogP contribution in [0.2, 0.25) is 0 Å². The van der Waals surface area contributed by atoms with E-state index in [9.17, 15) is 0 Å². The molecule has 0 aliphatic carbocycles. The van der Waals surface area contributed by atoms with Crippen LogP contribution in [0.4, 0.5) is 5.69 Å². The van der Waals surface area contributed by atoms with E-state index in [4.69, 9.17) is 4.74 Å². The zero-order valence-corrected chi connectivity index (χ0v) is 14.0. The Morgan fingerprint density at radius 1 is 1.24 bits per heavy atom. The van der Waals surface area contributed by atoms with E-state index in [2.05, 4.69) is 48.3 Å². The van der Waals surface area contributed by atoms with Crippen LogP contribution < -0.4 is 10.1 Å². The highest BCUT2D eigenvalue weighted by Crippen LogP contribution is 2.27. The summed E-state index contributed by atoms with van der Waals surface area (Å²) >= 11 is 1.84. The molecule has 0 amide bonds. The van der Waals surface area contributed by atoms with Crippen molar-refractivity contribution in [3.63, 3.8) is 0 Å². The van der Waals surface area contributed by atoms with Crippen LogP contribution in [0.15, 0.2) is 36.4 Å². The highest BCUT2D eigenvalue weighted by Gasteiger charge is 2.08. The summed E-state index contributed by atoms with van der Waals surface area (Å²) in [5.74, 6) is 0.913. The number of nitrogens with one attached hydrogen (secondary N) is 1. The minimum Gasteiger partial charge on any atom is -0.492 e. The summed E-state index contributed by atoms with van der Waals surface area (Å²) in [4.78, 5) is 4.81. The van der Waals surface area contributed by atoms with Crippen molar-refractivity contribution in [3.05, 3.63) is 46.2 Å². The molecule has 1 atom stereocenters. The minimum atomic E-state index is 0.306. The predicted octanol–water partition coefficient (Wildman–Crippen LogP) is 4.17. The molecule has 0 radical (unpaired) electrons. The number of benzene rings is 1. The van der Waals surface area contributed by atoms with Crippen molar-refractivity contribution in [2.45, 2.75) is 19.9 Å². The van der Waals surface area contributed by atoms with Crippen LogP contribution in [0.3, 0.4) is 0 Å². The Labute approximate surface area is 131 Å². The van der Waals surface area contributed by atoms with Gasteiger partial charge in [0.25, 0.3) is 0 Å². The number of hydrogen-bond acceptors (Lipinski definition) is 4. The van der Waals surface area contributed by atoms with Crippen molar-refractivity contribution in [1.29, 1.82) is 0 Å². The number of nitrogens with zero attached hydrogens (tertiary/aromatic N) is 1. The maximum Gasteiger partial charge on any atom is 0.121 e.